The van der Waals surface area contributed by atoms with Crippen molar-refractivity contribution in [3.63, 3.8) is 0 Å². The van der Waals surface area contributed by atoms with E-state index in [1.165, 1.54) is 33.6 Å². The molecule has 0 unspecified atom stereocenters. The molecule has 0 bridgehead atoms. The molecule has 2 aromatic heterocycles. The average molecular weight is 427 g/mol. The SMILES string of the molecule is Cc1cccn2c(=O)c(C=C3SC(=S)N(C)C3=O)c(Oc3ccccc3F)nc12. The van der Waals surface area contributed by atoms with E-state index in [0.717, 1.165) is 17.3 Å². The second kappa shape index (κ2) is 7.41. The van der Waals surface area contributed by atoms with E-state index < -0.39 is 11.4 Å². The lowest BCUT2D eigenvalue weighted by molar-refractivity contribution is -0.121. The van der Waals surface area contributed by atoms with Gasteiger partial charge in [-0.15, -0.1) is 0 Å². The Morgan fingerprint density at radius 2 is 1.97 bits per heavy atom. The Kier molecular flexibility index (Phi) is 4.93. The number of hydrogen-bond acceptors (Lipinski definition) is 6. The maximum atomic E-state index is 14.1. The summed E-state index contributed by atoms with van der Waals surface area (Å²) in [5.74, 6) is -1.08. The molecule has 1 aliphatic heterocycles. The molecule has 0 saturated carbocycles. The Morgan fingerprint density at radius 1 is 1.21 bits per heavy atom. The minimum absolute atomic E-state index is 0.0327. The molecule has 0 radical (unpaired) electrons. The van der Waals surface area contributed by atoms with E-state index in [9.17, 15) is 14.0 Å². The number of amides is 1. The third-order valence-electron chi connectivity index (χ3n) is 4.35. The highest BCUT2D eigenvalue weighted by molar-refractivity contribution is 8.26. The standard InChI is InChI=1S/C20H14FN3O3S2/c1-11-6-5-9-24-16(11)22-17(27-14-8-4-3-7-13(14)21)12(18(24)25)10-15-19(26)23(2)20(28)29-15/h3-10H,1-2H3. The number of aryl methyl sites for hydroxylation is 1. The third kappa shape index (κ3) is 3.43. The van der Waals surface area contributed by atoms with Crippen LogP contribution in [0.1, 0.15) is 11.1 Å². The van der Waals surface area contributed by atoms with E-state index in [1.54, 1.807) is 38.4 Å². The van der Waals surface area contributed by atoms with Crippen molar-refractivity contribution in [3.8, 4) is 11.6 Å². The molecule has 4 rings (SSSR count). The maximum absolute atomic E-state index is 14.1. The van der Waals surface area contributed by atoms with Gasteiger partial charge in [0.2, 0.25) is 5.88 Å². The largest absolute Gasteiger partial charge is 0.435 e. The van der Waals surface area contributed by atoms with Gasteiger partial charge in [-0.2, -0.15) is 4.98 Å². The molecular formula is C20H14FN3O3S2. The van der Waals surface area contributed by atoms with Crippen molar-refractivity contribution in [1.29, 1.82) is 0 Å². The van der Waals surface area contributed by atoms with E-state index in [2.05, 4.69) is 4.98 Å². The quantitative estimate of drug-likeness (QED) is 0.468. The molecule has 1 amide bonds. The predicted molar refractivity (Wildman–Crippen MR) is 114 cm³/mol. The lowest BCUT2D eigenvalue weighted by Gasteiger charge is -2.11. The number of benzene rings is 1. The molecule has 9 heteroatoms. The van der Waals surface area contributed by atoms with Gasteiger partial charge in [0.25, 0.3) is 11.5 Å². The van der Waals surface area contributed by atoms with Crippen molar-refractivity contribution < 1.29 is 13.9 Å². The Morgan fingerprint density at radius 3 is 2.66 bits per heavy atom. The van der Waals surface area contributed by atoms with Crippen molar-refractivity contribution in [1.82, 2.24) is 14.3 Å². The summed E-state index contributed by atoms with van der Waals surface area (Å²) >= 11 is 6.22. The molecule has 0 atom stereocenters. The maximum Gasteiger partial charge on any atom is 0.269 e. The smallest absolute Gasteiger partial charge is 0.269 e. The van der Waals surface area contributed by atoms with Crippen LogP contribution in [0.5, 0.6) is 11.6 Å². The molecule has 1 aliphatic rings. The van der Waals surface area contributed by atoms with E-state index in [4.69, 9.17) is 17.0 Å². The molecule has 0 N–H and O–H groups in total. The summed E-state index contributed by atoms with van der Waals surface area (Å²) in [6.07, 6.45) is 2.97. The summed E-state index contributed by atoms with van der Waals surface area (Å²) in [5.41, 5.74) is 0.718. The summed E-state index contributed by atoms with van der Waals surface area (Å²) in [6, 6.07) is 9.35. The van der Waals surface area contributed by atoms with E-state index in [0.29, 0.717) is 9.97 Å². The number of thiocarbonyl (C=S) groups is 1. The van der Waals surface area contributed by atoms with Gasteiger partial charge in [0.15, 0.2) is 11.6 Å². The second-order valence-corrected chi connectivity index (χ2v) is 7.97. The second-order valence-electron chi connectivity index (χ2n) is 6.29. The van der Waals surface area contributed by atoms with Gasteiger partial charge in [-0.3, -0.25) is 18.9 Å². The topological polar surface area (TPSA) is 63.9 Å². The summed E-state index contributed by atoms with van der Waals surface area (Å²) in [4.78, 5) is 31.6. The number of para-hydroxylation sites is 1. The molecule has 146 valence electrons. The summed E-state index contributed by atoms with van der Waals surface area (Å²) in [5, 5.41) is 0. The minimum Gasteiger partial charge on any atom is -0.435 e. The van der Waals surface area contributed by atoms with Gasteiger partial charge in [-0.1, -0.05) is 42.2 Å². The van der Waals surface area contributed by atoms with Gasteiger partial charge in [0, 0.05) is 13.2 Å². The predicted octanol–water partition coefficient (Wildman–Crippen LogP) is 3.77. The van der Waals surface area contributed by atoms with Crippen LogP contribution in [0, 0.1) is 12.7 Å². The van der Waals surface area contributed by atoms with Gasteiger partial charge in [0.1, 0.15) is 15.5 Å². The number of pyridine rings is 1. The molecule has 6 nitrogen and oxygen atoms in total. The molecular weight excluding hydrogens is 413 g/mol. The van der Waals surface area contributed by atoms with Crippen molar-refractivity contribution in [2.45, 2.75) is 6.92 Å². The van der Waals surface area contributed by atoms with E-state index in [-0.39, 0.29) is 28.0 Å². The Bertz CT molecular complexity index is 1270. The molecule has 1 fully saturated rings. The molecule has 1 aromatic carbocycles. The summed E-state index contributed by atoms with van der Waals surface area (Å²) < 4.78 is 21.5. The lowest BCUT2D eigenvalue weighted by Crippen LogP contribution is -2.23. The highest BCUT2D eigenvalue weighted by atomic mass is 32.2. The number of likely N-dealkylation sites (N-methyl/N-ethyl adjacent to an activating group) is 1. The fraction of sp³-hybridized carbons (Fsp3) is 0.100. The number of fused-ring (bicyclic) bond motifs is 1. The van der Waals surface area contributed by atoms with Gasteiger partial charge < -0.3 is 4.74 Å². The Balaban J connectivity index is 1.95. The van der Waals surface area contributed by atoms with Crippen molar-refractivity contribution in [2.24, 2.45) is 0 Å². The lowest BCUT2D eigenvalue weighted by atomic mass is 10.2. The third-order valence-corrected chi connectivity index (χ3v) is 5.84. The van der Waals surface area contributed by atoms with Crippen LogP contribution >= 0.6 is 24.0 Å². The van der Waals surface area contributed by atoms with Crippen LogP contribution in [0.4, 0.5) is 4.39 Å². The fourth-order valence-electron chi connectivity index (χ4n) is 2.80. The number of rotatable bonds is 3. The normalized spacial score (nSPS) is 15.6. The first kappa shape index (κ1) is 19.3. The van der Waals surface area contributed by atoms with E-state index >= 15 is 0 Å². The van der Waals surface area contributed by atoms with Crippen LogP contribution in [-0.2, 0) is 4.79 Å². The molecule has 0 aliphatic carbocycles. The minimum atomic E-state index is -0.592. The van der Waals surface area contributed by atoms with Gasteiger partial charge in [0.05, 0.1) is 4.91 Å². The van der Waals surface area contributed by atoms with Crippen LogP contribution in [0.25, 0.3) is 11.7 Å². The average Bonchev–Trinajstić information content (AvgIpc) is 2.94. The molecule has 3 aromatic rings. The first-order chi connectivity index (χ1) is 13.9. The highest BCUT2D eigenvalue weighted by Crippen LogP contribution is 2.33. The van der Waals surface area contributed by atoms with Crippen molar-refractivity contribution in [2.75, 3.05) is 7.05 Å². The van der Waals surface area contributed by atoms with Crippen molar-refractivity contribution >= 4 is 45.9 Å². The summed E-state index contributed by atoms with van der Waals surface area (Å²) in [6.45, 7) is 1.80. The summed E-state index contributed by atoms with van der Waals surface area (Å²) in [7, 11) is 1.56. The Labute approximate surface area is 174 Å². The zero-order valence-corrected chi connectivity index (χ0v) is 17.0. The van der Waals surface area contributed by atoms with Crippen LogP contribution in [0.3, 0.4) is 0 Å². The number of nitrogens with zero attached hydrogens (tertiary/aromatic N) is 3. The first-order valence-electron chi connectivity index (χ1n) is 8.52. The number of thioether (sulfide) groups is 1. The van der Waals surface area contributed by atoms with Crippen LogP contribution in [0.2, 0.25) is 0 Å². The van der Waals surface area contributed by atoms with Crippen LogP contribution < -0.4 is 10.3 Å². The molecule has 0 spiro atoms. The monoisotopic (exact) mass is 427 g/mol. The number of carbonyl (C=O) groups is 1. The number of ether oxygens (including phenoxy) is 1. The number of halogens is 1. The highest BCUT2D eigenvalue weighted by Gasteiger charge is 2.30. The van der Waals surface area contributed by atoms with E-state index in [1.807, 2.05) is 0 Å². The zero-order chi connectivity index (χ0) is 20.7. The number of carbonyl (C=O) groups excluding carboxylic acids is 1. The first-order valence-corrected chi connectivity index (χ1v) is 9.75. The van der Waals surface area contributed by atoms with Crippen molar-refractivity contribution in [3.05, 3.63) is 74.8 Å². The zero-order valence-electron chi connectivity index (χ0n) is 15.4. The molecule has 29 heavy (non-hydrogen) atoms. The fourth-order valence-corrected chi connectivity index (χ4v) is 3.96. The number of hydrogen-bond donors (Lipinski definition) is 0. The van der Waals surface area contributed by atoms with Crippen LogP contribution in [-0.4, -0.2) is 31.6 Å². The Hall–Kier alpha value is -3.04. The van der Waals surface area contributed by atoms with Crippen LogP contribution in [0.15, 0.2) is 52.3 Å². The van der Waals surface area contributed by atoms with Gasteiger partial charge >= 0.3 is 0 Å². The molecule has 1 saturated heterocycles. The van der Waals surface area contributed by atoms with Gasteiger partial charge in [-0.25, -0.2) is 4.39 Å². The van der Waals surface area contributed by atoms with Gasteiger partial charge in [-0.05, 0) is 36.8 Å². The number of aromatic nitrogens is 2. The molecule has 3 heterocycles.